The highest BCUT2D eigenvalue weighted by Crippen LogP contribution is 2.35. The summed E-state index contributed by atoms with van der Waals surface area (Å²) in [6.45, 7) is 1.90. The highest BCUT2D eigenvalue weighted by Gasteiger charge is 2.36. The van der Waals surface area contributed by atoms with Crippen molar-refractivity contribution >= 4 is 11.8 Å². The number of anilines is 1. The van der Waals surface area contributed by atoms with Crippen molar-refractivity contribution in [2.24, 2.45) is 0 Å². The van der Waals surface area contributed by atoms with Gasteiger partial charge in [0.25, 0.3) is 0 Å². The lowest BCUT2D eigenvalue weighted by Crippen LogP contribution is -2.51. The fourth-order valence-corrected chi connectivity index (χ4v) is 2.81. The highest BCUT2D eigenvalue weighted by molar-refractivity contribution is 5.63. The Hall–Kier alpha value is -3.50. The zero-order valence-electron chi connectivity index (χ0n) is 17.6. The van der Waals surface area contributed by atoms with Gasteiger partial charge in [0, 0.05) is 11.2 Å². The van der Waals surface area contributed by atoms with Crippen LogP contribution in [0, 0.1) is 11.3 Å². The molecular formula is C19H18F6N5O3-. The lowest BCUT2D eigenvalue weighted by atomic mass is 10.1. The molecule has 1 aromatic carbocycles. The van der Waals surface area contributed by atoms with Crippen LogP contribution in [0.15, 0.2) is 22.6 Å². The molecule has 0 spiro atoms. The number of benzene rings is 1. The van der Waals surface area contributed by atoms with E-state index >= 15 is 0 Å². The predicted molar refractivity (Wildman–Crippen MR) is 98.3 cm³/mol. The van der Waals surface area contributed by atoms with Crippen LogP contribution in [0.5, 0.6) is 0 Å². The molecule has 0 saturated carbocycles. The zero-order valence-corrected chi connectivity index (χ0v) is 17.6. The molecule has 0 aliphatic rings. The topological polar surface area (TPSA) is 109 Å². The van der Waals surface area contributed by atoms with Crippen molar-refractivity contribution in [3.8, 4) is 6.07 Å². The molecule has 0 atom stereocenters. The summed E-state index contributed by atoms with van der Waals surface area (Å²) in [5, 5.41) is 27.4. The van der Waals surface area contributed by atoms with Gasteiger partial charge in [-0.2, -0.15) is 31.6 Å². The molecule has 0 fully saturated rings. The quantitative estimate of drug-likeness (QED) is 0.585. The molecule has 2 aromatic rings. The van der Waals surface area contributed by atoms with E-state index in [1.807, 2.05) is 0 Å². The zero-order chi connectivity index (χ0) is 25.2. The van der Waals surface area contributed by atoms with Crippen LogP contribution in [0.2, 0.25) is 0 Å². The molecule has 33 heavy (non-hydrogen) atoms. The second-order valence-corrected chi connectivity index (χ2v) is 7.92. The minimum Gasteiger partial charge on any atom is -0.530 e. The summed E-state index contributed by atoms with van der Waals surface area (Å²) < 4.78 is 84.3. The monoisotopic (exact) mass is 478 g/mol. The minimum atomic E-state index is -4.97. The lowest BCUT2D eigenvalue weighted by molar-refractivity contribution is -0.271. The van der Waals surface area contributed by atoms with E-state index in [9.17, 15) is 36.2 Å². The predicted octanol–water partition coefficient (Wildman–Crippen LogP) is 3.47. The van der Waals surface area contributed by atoms with Gasteiger partial charge >= 0.3 is 12.4 Å². The Labute approximate surface area is 184 Å². The Balaban J connectivity index is 2.37. The summed E-state index contributed by atoms with van der Waals surface area (Å²) in [5.41, 5.74) is -3.53. The number of carbonyl (C=O) groups excluding carboxylic acids is 1. The summed E-state index contributed by atoms with van der Waals surface area (Å²) in [5.74, 6) is -0.633. The van der Waals surface area contributed by atoms with E-state index < -0.39 is 60.4 Å². The van der Waals surface area contributed by atoms with E-state index in [-0.39, 0.29) is 11.8 Å². The molecule has 14 heteroatoms. The molecule has 0 bridgehead atoms. The van der Waals surface area contributed by atoms with Gasteiger partial charge in [0.2, 0.25) is 11.8 Å². The normalized spacial score (nSPS) is 12.4. The number of hydrogen-bond acceptors (Lipinski definition) is 7. The van der Waals surface area contributed by atoms with Gasteiger partial charge in [-0.3, -0.25) is 0 Å². The molecule has 180 valence electrons. The maximum atomic E-state index is 13.2. The van der Waals surface area contributed by atoms with Crippen LogP contribution in [0.25, 0.3) is 0 Å². The van der Waals surface area contributed by atoms with E-state index in [1.165, 1.54) is 6.07 Å². The van der Waals surface area contributed by atoms with E-state index in [1.54, 1.807) is 20.8 Å². The molecule has 1 heterocycles. The summed E-state index contributed by atoms with van der Waals surface area (Å²) >= 11 is 0. The third-order valence-electron chi connectivity index (χ3n) is 4.32. The van der Waals surface area contributed by atoms with E-state index in [0.717, 1.165) is 17.0 Å². The number of halogens is 6. The first kappa shape index (κ1) is 25.8. The molecule has 8 nitrogen and oxygen atoms in total. The number of carboxylic acid groups (broad SMARTS) is 1. The largest absolute Gasteiger partial charge is 0.530 e. The fraction of sp³-hybridized carbons (Fsp3) is 0.474. The third kappa shape index (κ3) is 6.99. The van der Waals surface area contributed by atoms with Gasteiger partial charge in [-0.25, -0.2) is 0 Å². The summed E-state index contributed by atoms with van der Waals surface area (Å²) in [6, 6.07) is 3.48. The van der Waals surface area contributed by atoms with Crippen molar-refractivity contribution in [1.82, 2.24) is 15.1 Å². The number of hydrogen-bond donors (Lipinski definition) is 0. The number of aromatic nitrogens is 2. The molecule has 1 aromatic heterocycles. The van der Waals surface area contributed by atoms with Crippen LogP contribution in [0.4, 0.5) is 36.8 Å². The Morgan fingerprint density at radius 3 is 2.12 bits per heavy atom. The van der Waals surface area contributed by atoms with Gasteiger partial charge in [-0.05, 0) is 39.0 Å². The first-order valence-corrected chi connectivity index (χ1v) is 9.24. The Kier molecular flexibility index (Phi) is 7.15. The Morgan fingerprint density at radius 2 is 1.67 bits per heavy atom. The van der Waals surface area contributed by atoms with Gasteiger partial charge in [0.1, 0.15) is 12.6 Å². The van der Waals surface area contributed by atoms with Gasteiger partial charge in [-0.1, -0.05) is 0 Å². The summed E-state index contributed by atoms with van der Waals surface area (Å²) in [7, 11) is 0. The van der Waals surface area contributed by atoms with Crippen molar-refractivity contribution in [3.05, 3.63) is 41.1 Å². The first-order chi connectivity index (χ1) is 15.0. The Bertz CT molecular complexity index is 1040. The van der Waals surface area contributed by atoms with Crippen LogP contribution in [-0.2, 0) is 19.3 Å². The van der Waals surface area contributed by atoms with Crippen LogP contribution in [-0.4, -0.2) is 39.5 Å². The molecule has 0 unspecified atom stereocenters. The molecule has 0 aliphatic heterocycles. The molecular weight excluding hydrogens is 460 g/mol. The van der Waals surface area contributed by atoms with E-state index in [2.05, 4.69) is 10.2 Å². The van der Waals surface area contributed by atoms with Gasteiger partial charge < -0.3 is 24.1 Å². The number of amides is 1. The van der Waals surface area contributed by atoms with Crippen molar-refractivity contribution in [2.75, 3.05) is 11.4 Å². The van der Waals surface area contributed by atoms with Crippen molar-refractivity contribution < 1.29 is 40.7 Å². The molecule has 0 N–H and O–H groups in total. The summed E-state index contributed by atoms with van der Waals surface area (Å²) in [6.07, 6.45) is -11.3. The first-order valence-electron chi connectivity index (χ1n) is 9.24. The van der Waals surface area contributed by atoms with E-state index in [0.29, 0.717) is 11.0 Å². The Morgan fingerprint density at radius 1 is 1.09 bits per heavy atom. The van der Waals surface area contributed by atoms with Crippen molar-refractivity contribution in [2.45, 2.75) is 51.8 Å². The fourth-order valence-electron chi connectivity index (χ4n) is 2.81. The second kappa shape index (κ2) is 9.16. The van der Waals surface area contributed by atoms with Crippen molar-refractivity contribution in [1.29, 1.82) is 5.26 Å². The SMILES string of the molecule is CC(C)(C)N(Cc1nnc(CN(CC(F)(F)F)c2ccc(C#N)c(C(F)(F)F)c2)o1)C(=O)[O-]. The lowest BCUT2D eigenvalue weighted by Gasteiger charge is -2.36. The van der Waals surface area contributed by atoms with Gasteiger partial charge in [0.15, 0.2) is 0 Å². The number of carbonyl (C=O) groups is 1. The number of nitriles is 1. The average molecular weight is 478 g/mol. The molecule has 0 saturated heterocycles. The number of alkyl halides is 6. The maximum Gasteiger partial charge on any atom is 0.417 e. The standard InChI is InChI=1S/C19H19F6N5O3/c1-17(2,3)30(16(31)32)9-15-28-27-14(33-15)8-29(10-18(20,21)22)12-5-4-11(7-26)13(6-12)19(23,24)25/h4-6H,8-10H2,1-3H3,(H,31,32)/p-1. The third-order valence-corrected chi connectivity index (χ3v) is 4.32. The molecule has 1 amide bonds. The average Bonchev–Trinajstić information content (AvgIpc) is 3.09. The molecule has 0 aliphatic carbocycles. The second-order valence-electron chi connectivity index (χ2n) is 7.92. The van der Waals surface area contributed by atoms with Crippen molar-refractivity contribution in [3.63, 3.8) is 0 Å². The highest BCUT2D eigenvalue weighted by atomic mass is 19.4. The van der Waals surface area contributed by atoms with Gasteiger partial charge in [-0.15, -0.1) is 10.2 Å². The number of rotatable bonds is 6. The van der Waals surface area contributed by atoms with Crippen LogP contribution in [0.3, 0.4) is 0 Å². The van der Waals surface area contributed by atoms with Crippen LogP contribution >= 0.6 is 0 Å². The molecule has 0 radical (unpaired) electrons. The van der Waals surface area contributed by atoms with Crippen LogP contribution < -0.4 is 10.0 Å². The maximum absolute atomic E-state index is 13.2. The smallest absolute Gasteiger partial charge is 0.417 e. The number of nitrogens with zero attached hydrogens (tertiary/aromatic N) is 5. The summed E-state index contributed by atoms with van der Waals surface area (Å²) in [4.78, 5) is 12.7. The molecule has 2 rings (SSSR count). The van der Waals surface area contributed by atoms with Crippen LogP contribution in [0.1, 0.15) is 43.7 Å². The minimum absolute atomic E-state index is 0.244. The van der Waals surface area contributed by atoms with E-state index in [4.69, 9.17) is 9.68 Å². The van der Waals surface area contributed by atoms with Gasteiger partial charge in [0.05, 0.1) is 30.3 Å².